The summed E-state index contributed by atoms with van der Waals surface area (Å²) < 4.78 is 12.5. The molecule has 2 nitrogen and oxygen atoms in total. The molecule has 1 N–H and O–H groups in total. The maximum absolute atomic E-state index is 12.5. The Labute approximate surface area is 79.9 Å². The predicted molar refractivity (Wildman–Crippen MR) is 52.3 cm³/mol. The van der Waals surface area contributed by atoms with Crippen molar-refractivity contribution in [2.24, 2.45) is 5.92 Å². The van der Waals surface area contributed by atoms with Gasteiger partial charge in [-0.15, -0.1) is 0 Å². The number of carbonyl (C=O) groups excluding carboxylic acids is 1. The van der Waals surface area contributed by atoms with E-state index in [0.717, 1.165) is 19.3 Å². The van der Waals surface area contributed by atoms with Crippen molar-refractivity contribution in [1.29, 1.82) is 0 Å². The number of halogens is 1. The Balaban J connectivity index is 3.84. The summed E-state index contributed by atoms with van der Waals surface area (Å²) in [6.07, 6.45) is 3.19. The number of hydrogen-bond acceptors (Lipinski definition) is 1. The Morgan fingerprint density at radius 2 is 2.15 bits per heavy atom. The van der Waals surface area contributed by atoms with Gasteiger partial charge >= 0.3 is 0 Å². The van der Waals surface area contributed by atoms with Crippen molar-refractivity contribution in [2.45, 2.75) is 46.1 Å². The lowest BCUT2D eigenvalue weighted by Gasteiger charge is -2.21. The SMILES string of the molecule is CCCCC(C)[C@H](CF)NC(C)=O. The second-order valence-corrected chi connectivity index (χ2v) is 3.58. The molecular formula is C10H20FNO. The molecule has 0 saturated carbocycles. The first-order valence-electron chi connectivity index (χ1n) is 4.94. The molecule has 0 aromatic rings. The van der Waals surface area contributed by atoms with Crippen LogP contribution in [-0.4, -0.2) is 18.6 Å². The van der Waals surface area contributed by atoms with Crippen LogP contribution < -0.4 is 5.32 Å². The van der Waals surface area contributed by atoms with Crippen LogP contribution in [0.1, 0.15) is 40.0 Å². The van der Waals surface area contributed by atoms with Gasteiger partial charge in [0.2, 0.25) is 5.91 Å². The van der Waals surface area contributed by atoms with Gasteiger partial charge in [-0.1, -0.05) is 26.7 Å². The normalized spacial score (nSPS) is 15.1. The van der Waals surface area contributed by atoms with E-state index in [2.05, 4.69) is 12.2 Å². The summed E-state index contributed by atoms with van der Waals surface area (Å²) in [7, 11) is 0. The Hall–Kier alpha value is -0.600. The molecule has 13 heavy (non-hydrogen) atoms. The third kappa shape index (κ3) is 5.61. The number of carbonyl (C=O) groups is 1. The van der Waals surface area contributed by atoms with Crippen LogP contribution in [0.5, 0.6) is 0 Å². The highest BCUT2D eigenvalue weighted by atomic mass is 19.1. The van der Waals surface area contributed by atoms with E-state index in [4.69, 9.17) is 0 Å². The molecular weight excluding hydrogens is 169 g/mol. The lowest BCUT2D eigenvalue weighted by atomic mass is 9.96. The van der Waals surface area contributed by atoms with Crippen molar-refractivity contribution in [3.63, 3.8) is 0 Å². The van der Waals surface area contributed by atoms with Gasteiger partial charge in [0.05, 0.1) is 6.04 Å². The van der Waals surface area contributed by atoms with E-state index in [1.165, 1.54) is 6.92 Å². The molecule has 0 radical (unpaired) electrons. The zero-order chi connectivity index (χ0) is 10.3. The zero-order valence-corrected chi connectivity index (χ0v) is 8.77. The molecule has 0 aliphatic heterocycles. The van der Waals surface area contributed by atoms with Crippen LogP contribution in [0.4, 0.5) is 4.39 Å². The van der Waals surface area contributed by atoms with E-state index in [1.54, 1.807) is 0 Å². The minimum absolute atomic E-state index is 0.147. The van der Waals surface area contributed by atoms with Gasteiger partial charge in [-0.25, -0.2) is 4.39 Å². The molecule has 0 aromatic heterocycles. The van der Waals surface area contributed by atoms with Crippen LogP contribution in [0.2, 0.25) is 0 Å². The Kier molecular flexibility index (Phi) is 6.55. The standard InChI is InChI=1S/C10H20FNO/c1-4-5-6-8(2)10(7-11)12-9(3)13/h8,10H,4-7H2,1-3H3,(H,12,13)/t8?,10-/m0/s1. The maximum Gasteiger partial charge on any atom is 0.217 e. The lowest BCUT2D eigenvalue weighted by molar-refractivity contribution is -0.120. The molecule has 0 fully saturated rings. The van der Waals surface area contributed by atoms with E-state index in [-0.39, 0.29) is 17.9 Å². The largest absolute Gasteiger partial charge is 0.351 e. The van der Waals surface area contributed by atoms with Gasteiger partial charge in [-0.2, -0.15) is 0 Å². The Bertz CT molecular complexity index is 150. The molecule has 0 spiro atoms. The number of nitrogens with one attached hydrogen (secondary N) is 1. The van der Waals surface area contributed by atoms with E-state index in [0.29, 0.717) is 0 Å². The fraction of sp³-hybridized carbons (Fsp3) is 0.900. The van der Waals surface area contributed by atoms with Crippen LogP contribution in [0.15, 0.2) is 0 Å². The minimum Gasteiger partial charge on any atom is -0.351 e. The monoisotopic (exact) mass is 189 g/mol. The summed E-state index contributed by atoms with van der Waals surface area (Å²) in [5, 5.41) is 2.62. The predicted octanol–water partition coefficient (Wildman–Crippen LogP) is 2.29. The van der Waals surface area contributed by atoms with Gasteiger partial charge in [-0.3, -0.25) is 4.79 Å². The highest BCUT2D eigenvalue weighted by Gasteiger charge is 2.16. The number of alkyl halides is 1. The van der Waals surface area contributed by atoms with Crippen LogP contribution >= 0.6 is 0 Å². The van der Waals surface area contributed by atoms with Gasteiger partial charge < -0.3 is 5.32 Å². The van der Waals surface area contributed by atoms with E-state index in [1.807, 2.05) is 6.92 Å². The quantitative estimate of drug-likeness (QED) is 0.682. The smallest absolute Gasteiger partial charge is 0.217 e. The van der Waals surface area contributed by atoms with Crippen molar-refractivity contribution in [1.82, 2.24) is 5.32 Å². The summed E-state index contributed by atoms with van der Waals surface area (Å²) in [4.78, 5) is 10.7. The van der Waals surface area contributed by atoms with Crippen LogP contribution in [0.3, 0.4) is 0 Å². The first-order chi connectivity index (χ1) is 6.11. The third-order valence-electron chi connectivity index (χ3n) is 2.25. The topological polar surface area (TPSA) is 29.1 Å². The fourth-order valence-corrected chi connectivity index (χ4v) is 1.32. The molecule has 0 saturated heterocycles. The molecule has 3 heteroatoms. The van der Waals surface area contributed by atoms with Gasteiger partial charge in [-0.05, 0) is 12.3 Å². The summed E-state index contributed by atoms with van der Waals surface area (Å²) in [5.74, 6) is 0.0832. The summed E-state index contributed by atoms with van der Waals surface area (Å²) in [6, 6.07) is -0.302. The summed E-state index contributed by atoms with van der Waals surface area (Å²) >= 11 is 0. The molecule has 0 rings (SSSR count). The second kappa shape index (κ2) is 6.87. The number of unbranched alkanes of at least 4 members (excludes halogenated alkanes) is 1. The average molecular weight is 189 g/mol. The third-order valence-corrected chi connectivity index (χ3v) is 2.25. The van der Waals surface area contributed by atoms with Gasteiger partial charge in [0.15, 0.2) is 0 Å². The van der Waals surface area contributed by atoms with Crippen molar-refractivity contribution >= 4 is 5.91 Å². The van der Waals surface area contributed by atoms with Crippen molar-refractivity contribution in [2.75, 3.05) is 6.67 Å². The molecule has 1 unspecified atom stereocenters. The molecule has 0 aromatic carbocycles. The molecule has 0 aliphatic rings. The van der Waals surface area contributed by atoms with Crippen LogP contribution in [0, 0.1) is 5.92 Å². The van der Waals surface area contributed by atoms with Gasteiger partial charge in [0.25, 0.3) is 0 Å². The Morgan fingerprint density at radius 3 is 2.54 bits per heavy atom. The van der Waals surface area contributed by atoms with Crippen LogP contribution in [0.25, 0.3) is 0 Å². The van der Waals surface area contributed by atoms with Crippen molar-refractivity contribution in [3.05, 3.63) is 0 Å². The summed E-state index contributed by atoms with van der Waals surface area (Å²) in [6.45, 7) is 5.05. The highest BCUT2D eigenvalue weighted by molar-refractivity contribution is 5.73. The fourth-order valence-electron chi connectivity index (χ4n) is 1.32. The van der Waals surface area contributed by atoms with E-state index >= 15 is 0 Å². The maximum atomic E-state index is 12.5. The second-order valence-electron chi connectivity index (χ2n) is 3.58. The minimum atomic E-state index is -0.468. The van der Waals surface area contributed by atoms with Crippen molar-refractivity contribution in [3.8, 4) is 0 Å². The molecule has 0 heterocycles. The zero-order valence-electron chi connectivity index (χ0n) is 8.77. The Morgan fingerprint density at radius 1 is 1.54 bits per heavy atom. The highest BCUT2D eigenvalue weighted by Crippen LogP contribution is 2.12. The molecule has 0 aliphatic carbocycles. The van der Waals surface area contributed by atoms with Crippen LogP contribution in [-0.2, 0) is 4.79 Å². The first-order valence-corrected chi connectivity index (χ1v) is 4.94. The van der Waals surface area contributed by atoms with Gasteiger partial charge in [0.1, 0.15) is 6.67 Å². The molecule has 2 atom stereocenters. The number of rotatable bonds is 6. The summed E-state index contributed by atoms with van der Waals surface area (Å²) in [5.41, 5.74) is 0. The number of amides is 1. The average Bonchev–Trinajstić information content (AvgIpc) is 2.09. The first kappa shape index (κ1) is 12.4. The van der Waals surface area contributed by atoms with E-state index < -0.39 is 6.67 Å². The lowest BCUT2D eigenvalue weighted by Crippen LogP contribution is -2.39. The van der Waals surface area contributed by atoms with Gasteiger partial charge in [0, 0.05) is 6.92 Å². The molecule has 1 amide bonds. The van der Waals surface area contributed by atoms with Crippen molar-refractivity contribution < 1.29 is 9.18 Å². The molecule has 0 bridgehead atoms. The molecule has 78 valence electrons. The number of hydrogen-bond donors (Lipinski definition) is 1. The van der Waals surface area contributed by atoms with E-state index in [9.17, 15) is 9.18 Å².